The Morgan fingerprint density at radius 1 is 1.17 bits per heavy atom. The molecular formula is C16H30N2. The Morgan fingerprint density at radius 3 is 2.67 bits per heavy atom. The summed E-state index contributed by atoms with van der Waals surface area (Å²) in [5, 5.41) is 3.60. The molecule has 0 spiro atoms. The van der Waals surface area contributed by atoms with E-state index >= 15 is 0 Å². The first-order chi connectivity index (χ1) is 8.83. The second-order valence-electron chi connectivity index (χ2n) is 7.00. The van der Waals surface area contributed by atoms with Crippen molar-refractivity contribution in [3.8, 4) is 0 Å². The van der Waals surface area contributed by atoms with E-state index in [-0.39, 0.29) is 0 Å². The molecule has 0 aromatic heterocycles. The predicted octanol–water partition coefficient (Wildman–Crippen LogP) is 3.03. The molecule has 3 aliphatic rings. The van der Waals surface area contributed by atoms with Crippen molar-refractivity contribution in [1.29, 1.82) is 0 Å². The van der Waals surface area contributed by atoms with Gasteiger partial charge < -0.3 is 5.32 Å². The maximum atomic E-state index is 3.60. The molecule has 3 rings (SSSR count). The molecule has 0 aromatic carbocycles. The monoisotopic (exact) mass is 250 g/mol. The van der Waals surface area contributed by atoms with Crippen molar-refractivity contribution in [2.45, 2.75) is 64.3 Å². The van der Waals surface area contributed by atoms with Crippen LogP contribution in [0, 0.1) is 11.3 Å². The first-order valence-corrected chi connectivity index (χ1v) is 8.28. The van der Waals surface area contributed by atoms with Gasteiger partial charge in [-0.05, 0) is 62.9 Å². The third-order valence-corrected chi connectivity index (χ3v) is 5.98. The molecule has 2 unspecified atom stereocenters. The van der Waals surface area contributed by atoms with E-state index in [1.807, 2.05) is 0 Å². The summed E-state index contributed by atoms with van der Waals surface area (Å²) in [6, 6.07) is 0.941. The van der Waals surface area contributed by atoms with E-state index in [4.69, 9.17) is 0 Å². The van der Waals surface area contributed by atoms with Gasteiger partial charge in [0.1, 0.15) is 0 Å². The largest absolute Gasteiger partial charge is 0.316 e. The van der Waals surface area contributed by atoms with E-state index in [1.165, 1.54) is 77.5 Å². The van der Waals surface area contributed by atoms with Crippen LogP contribution in [0.2, 0.25) is 0 Å². The van der Waals surface area contributed by atoms with Crippen LogP contribution >= 0.6 is 0 Å². The molecule has 2 heterocycles. The maximum Gasteiger partial charge on any atom is 0.0124 e. The lowest BCUT2D eigenvalue weighted by molar-refractivity contribution is 0.117. The van der Waals surface area contributed by atoms with E-state index in [1.54, 1.807) is 0 Å². The van der Waals surface area contributed by atoms with Gasteiger partial charge in [-0.25, -0.2) is 0 Å². The summed E-state index contributed by atoms with van der Waals surface area (Å²) in [7, 11) is 0. The molecule has 2 saturated heterocycles. The fraction of sp³-hybridized carbons (Fsp3) is 1.00. The molecule has 2 heteroatoms. The van der Waals surface area contributed by atoms with Crippen LogP contribution in [0.25, 0.3) is 0 Å². The molecule has 2 aliphatic heterocycles. The molecule has 0 radical (unpaired) electrons. The van der Waals surface area contributed by atoms with Gasteiger partial charge in [0.2, 0.25) is 0 Å². The van der Waals surface area contributed by atoms with Crippen molar-refractivity contribution in [2.24, 2.45) is 11.3 Å². The van der Waals surface area contributed by atoms with Crippen LogP contribution in [-0.2, 0) is 0 Å². The van der Waals surface area contributed by atoms with Crippen molar-refractivity contribution in [2.75, 3.05) is 26.2 Å². The van der Waals surface area contributed by atoms with Gasteiger partial charge in [-0.15, -0.1) is 0 Å². The van der Waals surface area contributed by atoms with Crippen LogP contribution in [0.15, 0.2) is 0 Å². The Morgan fingerprint density at radius 2 is 2.00 bits per heavy atom. The summed E-state index contributed by atoms with van der Waals surface area (Å²) < 4.78 is 0. The summed E-state index contributed by atoms with van der Waals surface area (Å²) in [5.74, 6) is 1.04. The van der Waals surface area contributed by atoms with Crippen molar-refractivity contribution in [3.63, 3.8) is 0 Å². The molecule has 1 saturated carbocycles. The fourth-order valence-corrected chi connectivity index (χ4v) is 4.70. The lowest BCUT2D eigenvalue weighted by Gasteiger charge is -2.37. The van der Waals surface area contributed by atoms with Crippen molar-refractivity contribution < 1.29 is 0 Å². The highest BCUT2D eigenvalue weighted by Crippen LogP contribution is 2.38. The molecule has 3 fully saturated rings. The summed E-state index contributed by atoms with van der Waals surface area (Å²) >= 11 is 0. The van der Waals surface area contributed by atoms with E-state index in [2.05, 4.69) is 17.1 Å². The molecule has 0 aromatic rings. The first-order valence-electron chi connectivity index (χ1n) is 8.28. The van der Waals surface area contributed by atoms with Gasteiger partial charge in [0.25, 0.3) is 0 Å². The molecule has 0 amide bonds. The average molecular weight is 250 g/mol. The molecule has 1 N–H and O–H groups in total. The standard InChI is InChI=1S/C16H30N2/c1-2-16(9-10-17-12-16)13-18-11-5-8-15(18)14-6-3-4-7-14/h14-15,17H,2-13H2,1H3. The summed E-state index contributed by atoms with van der Waals surface area (Å²) in [4.78, 5) is 2.88. The van der Waals surface area contributed by atoms with E-state index in [0.717, 1.165) is 12.0 Å². The second-order valence-corrected chi connectivity index (χ2v) is 7.00. The minimum absolute atomic E-state index is 0.598. The average Bonchev–Trinajstić information content (AvgIpc) is 3.10. The number of hydrogen-bond donors (Lipinski definition) is 1. The molecule has 104 valence electrons. The van der Waals surface area contributed by atoms with Crippen LogP contribution in [0.4, 0.5) is 0 Å². The molecule has 2 atom stereocenters. The van der Waals surface area contributed by atoms with E-state index < -0.39 is 0 Å². The number of nitrogens with one attached hydrogen (secondary N) is 1. The minimum Gasteiger partial charge on any atom is -0.316 e. The third kappa shape index (κ3) is 2.46. The third-order valence-electron chi connectivity index (χ3n) is 5.98. The SMILES string of the molecule is CCC1(CN2CCCC2C2CCCC2)CCNC1. The number of nitrogens with zero attached hydrogens (tertiary/aromatic N) is 1. The smallest absolute Gasteiger partial charge is 0.0124 e. The van der Waals surface area contributed by atoms with Gasteiger partial charge in [-0.1, -0.05) is 19.8 Å². The normalized spacial score (nSPS) is 38.8. The Hall–Kier alpha value is -0.0800. The first kappa shape index (κ1) is 12.9. The van der Waals surface area contributed by atoms with Crippen LogP contribution < -0.4 is 5.32 Å². The summed E-state index contributed by atoms with van der Waals surface area (Å²) in [5.41, 5.74) is 0.598. The number of hydrogen-bond acceptors (Lipinski definition) is 2. The Bertz CT molecular complexity index is 264. The predicted molar refractivity (Wildman–Crippen MR) is 76.8 cm³/mol. The quantitative estimate of drug-likeness (QED) is 0.825. The van der Waals surface area contributed by atoms with Crippen molar-refractivity contribution >= 4 is 0 Å². The lowest BCUT2D eigenvalue weighted by atomic mass is 9.83. The van der Waals surface area contributed by atoms with Gasteiger partial charge in [-0.3, -0.25) is 4.90 Å². The highest BCUT2D eigenvalue weighted by Gasteiger charge is 2.39. The minimum atomic E-state index is 0.598. The Kier molecular flexibility index (Phi) is 3.95. The van der Waals surface area contributed by atoms with Gasteiger partial charge in [0, 0.05) is 19.1 Å². The van der Waals surface area contributed by atoms with Gasteiger partial charge in [0.15, 0.2) is 0 Å². The zero-order valence-electron chi connectivity index (χ0n) is 12.1. The molecule has 18 heavy (non-hydrogen) atoms. The van der Waals surface area contributed by atoms with E-state index in [0.29, 0.717) is 5.41 Å². The molecular weight excluding hydrogens is 220 g/mol. The summed E-state index contributed by atoms with van der Waals surface area (Å²) in [6.07, 6.45) is 11.7. The molecule has 2 nitrogen and oxygen atoms in total. The fourth-order valence-electron chi connectivity index (χ4n) is 4.70. The zero-order chi connectivity index (χ0) is 12.4. The Balaban J connectivity index is 1.63. The van der Waals surface area contributed by atoms with Crippen LogP contribution in [0.1, 0.15) is 58.3 Å². The Labute approximate surface area is 113 Å². The van der Waals surface area contributed by atoms with Crippen molar-refractivity contribution in [3.05, 3.63) is 0 Å². The van der Waals surface area contributed by atoms with Gasteiger partial charge >= 0.3 is 0 Å². The van der Waals surface area contributed by atoms with E-state index in [9.17, 15) is 0 Å². The number of likely N-dealkylation sites (tertiary alicyclic amines) is 1. The van der Waals surface area contributed by atoms with Crippen LogP contribution in [-0.4, -0.2) is 37.1 Å². The van der Waals surface area contributed by atoms with Gasteiger partial charge in [0.05, 0.1) is 0 Å². The van der Waals surface area contributed by atoms with Crippen LogP contribution in [0.5, 0.6) is 0 Å². The summed E-state index contributed by atoms with van der Waals surface area (Å²) in [6.45, 7) is 7.65. The highest BCUT2D eigenvalue weighted by molar-refractivity contribution is 4.94. The van der Waals surface area contributed by atoms with Crippen molar-refractivity contribution in [1.82, 2.24) is 10.2 Å². The maximum absolute atomic E-state index is 3.60. The topological polar surface area (TPSA) is 15.3 Å². The zero-order valence-corrected chi connectivity index (χ0v) is 12.1. The van der Waals surface area contributed by atoms with Gasteiger partial charge in [-0.2, -0.15) is 0 Å². The van der Waals surface area contributed by atoms with Crippen LogP contribution in [0.3, 0.4) is 0 Å². The highest BCUT2D eigenvalue weighted by atomic mass is 15.2. The lowest BCUT2D eigenvalue weighted by Crippen LogP contribution is -2.43. The second kappa shape index (κ2) is 5.50. The molecule has 1 aliphatic carbocycles. The number of rotatable bonds is 4. The molecule has 0 bridgehead atoms.